The van der Waals surface area contributed by atoms with Gasteiger partial charge in [-0.1, -0.05) is 5.21 Å². The second-order valence-corrected chi connectivity index (χ2v) is 6.27. The monoisotopic (exact) mass is 321 g/mol. The van der Waals surface area contributed by atoms with Crippen LogP contribution in [-0.2, 0) is 0 Å². The smallest absolute Gasteiger partial charge is 0.253 e. The van der Waals surface area contributed by atoms with Gasteiger partial charge in [-0.15, -0.1) is 5.10 Å². The Labute approximate surface area is 140 Å². The summed E-state index contributed by atoms with van der Waals surface area (Å²) in [6, 6.07) is 8.07. The summed E-state index contributed by atoms with van der Waals surface area (Å²) in [5.41, 5.74) is 2.80. The van der Waals surface area contributed by atoms with Crippen LogP contribution in [0.5, 0.6) is 0 Å². The van der Waals surface area contributed by atoms with Gasteiger partial charge in [-0.25, -0.2) is 4.68 Å². The Balaban J connectivity index is 1.51. The molecule has 0 saturated carbocycles. The number of benzene rings is 1. The fourth-order valence-electron chi connectivity index (χ4n) is 3.34. The number of amides is 1. The van der Waals surface area contributed by atoms with E-state index in [1.54, 1.807) is 12.4 Å². The van der Waals surface area contributed by atoms with Crippen molar-refractivity contribution in [3.05, 3.63) is 54.0 Å². The highest BCUT2D eigenvalue weighted by Crippen LogP contribution is 2.24. The molecule has 1 saturated heterocycles. The molecule has 0 atom stereocenters. The molecule has 122 valence electrons. The highest BCUT2D eigenvalue weighted by Gasteiger charge is 2.25. The van der Waals surface area contributed by atoms with Crippen LogP contribution in [-0.4, -0.2) is 43.9 Å². The summed E-state index contributed by atoms with van der Waals surface area (Å²) in [6.07, 6.45) is 7.20. The Morgan fingerprint density at radius 1 is 1.17 bits per heavy atom. The van der Waals surface area contributed by atoms with Crippen LogP contribution in [0.1, 0.15) is 34.8 Å². The number of rotatable bonds is 2. The minimum Gasteiger partial charge on any atom is -0.338 e. The van der Waals surface area contributed by atoms with Crippen molar-refractivity contribution in [1.29, 1.82) is 0 Å². The van der Waals surface area contributed by atoms with Crippen LogP contribution in [0.25, 0.3) is 10.9 Å². The predicted molar refractivity (Wildman–Crippen MR) is 90.7 cm³/mol. The van der Waals surface area contributed by atoms with Gasteiger partial charge in [0.05, 0.1) is 17.8 Å². The number of fused-ring (bicyclic) bond motifs is 1. The molecule has 1 aliphatic heterocycles. The third kappa shape index (κ3) is 2.64. The Bertz CT molecular complexity index is 866. The number of aromatic nitrogens is 4. The molecule has 4 rings (SSSR count). The molecule has 2 aromatic heterocycles. The van der Waals surface area contributed by atoms with Crippen LogP contribution in [0.15, 0.2) is 42.9 Å². The Kier molecular flexibility index (Phi) is 3.72. The SMILES string of the molecule is Cc1ccnc2ccc(C(=O)N3CCC(n4ccnn4)CC3)cc12. The highest BCUT2D eigenvalue weighted by atomic mass is 16.2. The van der Waals surface area contributed by atoms with Gasteiger partial charge in [-0.2, -0.15) is 0 Å². The number of carbonyl (C=O) groups excluding carboxylic acids is 1. The van der Waals surface area contributed by atoms with Crippen molar-refractivity contribution in [2.24, 2.45) is 0 Å². The molecule has 0 aliphatic carbocycles. The fraction of sp³-hybridized carbons (Fsp3) is 0.333. The van der Waals surface area contributed by atoms with Crippen molar-refractivity contribution < 1.29 is 4.79 Å². The average Bonchev–Trinajstić information content (AvgIpc) is 3.16. The van der Waals surface area contributed by atoms with E-state index in [2.05, 4.69) is 15.3 Å². The van der Waals surface area contributed by atoms with Gasteiger partial charge in [-0.3, -0.25) is 9.78 Å². The molecule has 0 unspecified atom stereocenters. The van der Waals surface area contributed by atoms with Gasteiger partial charge in [0.1, 0.15) is 0 Å². The lowest BCUT2D eigenvalue weighted by Crippen LogP contribution is -2.39. The molecule has 1 amide bonds. The quantitative estimate of drug-likeness (QED) is 0.728. The standard InChI is InChI=1S/C18H19N5O/c1-13-4-7-19-17-3-2-14(12-16(13)17)18(24)22-9-5-15(6-10-22)23-11-8-20-21-23/h2-4,7-8,11-12,15H,5-6,9-10H2,1H3. The summed E-state index contributed by atoms with van der Waals surface area (Å²) in [7, 11) is 0. The summed E-state index contributed by atoms with van der Waals surface area (Å²) in [5.74, 6) is 0.0946. The first-order chi connectivity index (χ1) is 11.7. The first kappa shape index (κ1) is 14.8. The van der Waals surface area contributed by atoms with Gasteiger partial charge >= 0.3 is 0 Å². The van der Waals surface area contributed by atoms with Gasteiger partial charge in [0.15, 0.2) is 0 Å². The number of hydrogen-bond donors (Lipinski definition) is 0. The Morgan fingerprint density at radius 3 is 2.75 bits per heavy atom. The van der Waals surface area contributed by atoms with Crippen LogP contribution in [0.3, 0.4) is 0 Å². The second kappa shape index (κ2) is 6.03. The summed E-state index contributed by atoms with van der Waals surface area (Å²) < 4.78 is 1.90. The van der Waals surface area contributed by atoms with E-state index in [9.17, 15) is 4.79 Å². The van der Waals surface area contributed by atoms with E-state index < -0.39 is 0 Å². The lowest BCUT2D eigenvalue weighted by atomic mass is 10.0. The van der Waals surface area contributed by atoms with Gasteiger partial charge in [-0.05, 0) is 49.6 Å². The largest absolute Gasteiger partial charge is 0.338 e. The zero-order valence-electron chi connectivity index (χ0n) is 13.6. The number of piperidine rings is 1. The van der Waals surface area contributed by atoms with Gasteiger partial charge in [0, 0.05) is 36.4 Å². The average molecular weight is 321 g/mol. The minimum atomic E-state index is 0.0946. The van der Waals surface area contributed by atoms with Crippen molar-refractivity contribution in [2.45, 2.75) is 25.8 Å². The Morgan fingerprint density at radius 2 is 2.00 bits per heavy atom. The van der Waals surface area contributed by atoms with E-state index in [1.807, 2.05) is 47.0 Å². The van der Waals surface area contributed by atoms with Gasteiger partial charge in [0.25, 0.3) is 5.91 Å². The molecular weight excluding hydrogens is 302 g/mol. The topological polar surface area (TPSA) is 63.9 Å². The van der Waals surface area contributed by atoms with E-state index in [4.69, 9.17) is 0 Å². The molecule has 24 heavy (non-hydrogen) atoms. The maximum Gasteiger partial charge on any atom is 0.253 e. The lowest BCUT2D eigenvalue weighted by Gasteiger charge is -2.32. The summed E-state index contributed by atoms with van der Waals surface area (Å²) in [6.45, 7) is 3.53. The normalized spacial score (nSPS) is 15.8. The van der Waals surface area contributed by atoms with E-state index in [0.29, 0.717) is 6.04 Å². The molecule has 3 aromatic rings. The summed E-state index contributed by atoms with van der Waals surface area (Å²) in [4.78, 5) is 19.1. The van der Waals surface area contributed by atoms with Crippen LogP contribution in [0, 0.1) is 6.92 Å². The van der Waals surface area contributed by atoms with E-state index in [0.717, 1.165) is 48.0 Å². The molecule has 6 nitrogen and oxygen atoms in total. The molecule has 6 heteroatoms. The van der Waals surface area contributed by atoms with Crippen LogP contribution < -0.4 is 0 Å². The van der Waals surface area contributed by atoms with Crippen molar-refractivity contribution >= 4 is 16.8 Å². The summed E-state index contributed by atoms with van der Waals surface area (Å²) >= 11 is 0. The molecule has 0 radical (unpaired) electrons. The molecule has 1 aromatic carbocycles. The maximum atomic E-state index is 12.8. The number of hydrogen-bond acceptors (Lipinski definition) is 4. The lowest BCUT2D eigenvalue weighted by molar-refractivity contribution is 0.0689. The predicted octanol–water partition coefficient (Wildman–Crippen LogP) is 2.61. The van der Waals surface area contributed by atoms with Crippen molar-refractivity contribution in [3.8, 4) is 0 Å². The third-order valence-corrected chi connectivity index (χ3v) is 4.77. The number of carbonyl (C=O) groups is 1. The van der Waals surface area contributed by atoms with Gasteiger partial charge in [0.2, 0.25) is 0 Å². The maximum absolute atomic E-state index is 12.8. The number of likely N-dealkylation sites (tertiary alicyclic amines) is 1. The number of nitrogens with zero attached hydrogens (tertiary/aromatic N) is 5. The third-order valence-electron chi connectivity index (χ3n) is 4.77. The Hall–Kier alpha value is -2.76. The van der Waals surface area contributed by atoms with Crippen molar-refractivity contribution in [3.63, 3.8) is 0 Å². The first-order valence-electron chi connectivity index (χ1n) is 8.23. The van der Waals surface area contributed by atoms with E-state index in [-0.39, 0.29) is 5.91 Å². The molecule has 1 aliphatic rings. The first-order valence-corrected chi connectivity index (χ1v) is 8.23. The zero-order valence-corrected chi connectivity index (χ0v) is 13.6. The molecule has 3 heterocycles. The molecule has 1 fully saturated rings. The fourth-order valence-corrected chi connectivity index (χ4v) is 3.34. The molecule has 0 bridgehead atoms. The van der Waals surface area contributed by atoms with Crippen LogP contribution in [0.4, 0.5) is 0 Å². The van der Waals surface area contributed by atoms with Crippen LogP contribution in [0.2, 0.25) is 0 Å². The zero-order chi connectivity index (χ0) is 16.5. The number of pyridine rings is 1. The molecule has 0 spiro atoms. The van der Waals surface area contributed by atoms with E-state index >= 15 is 0 Å². The minimum absolute atomic E-state index is 0.0946. The summed E-state index contributed by atoms with van der Waals surface area (Å²) in [5, 5.41) is 8.97. The van der Waals surface area contributed by atoms with Crippen LogP contribution >= 0.6 is 0 Å². The number of aryl methyl sites for hydroxylation is 1. The molecular formula is C18H19N5O. The molecule has 0 N–H and O–H groups in total. The second-order valence-electron chi connectivity index (χ2n) is 6.27. The van der Waals surface area contributed by atoms with Crippen molar-refractivity contribution in [1.82, 2.24) is 24.9 Å². The van der Waals surface area contributed by atoms with Crippen molar-refractivity contribution in [2.75, 3.05) is 13.1 Å². The highest BCUT2D eigenvalue weighted by molar-refractivity contribution is 5.98. The van der Waals surface area contributed by atoms with Gasteiger partial charge < -0.3 is 4.90 Å². The van der Waals surface area contributed by atoms with E-state index in [1.165, 1.54) is 0 Å².